The van der Waals surface area contributed by atoms with Crippen molar-refractivity contribution in [2.45, 2.75) is 30.4 Å². The average Bonchev–Trinajstić information content (AvgIpc) is 2.01. The lowest BCUT2D eigenvalue weighted by atomic mass is 10.3. The predicted octanol–water partition coefficient (Wildman–Crippen LogP) is 4.24. The molecule has 0 bridgehead atoms. The molecule has 0 amide bonds. The van der Waals surface area contributed by atoms with Crippen molar-refractivity contribution in [3.63, 3.8) is 0 Å². The Hall–Kier alpha value is -0.340. The van der Waals surface area contributed by atoms with Crippen LogP contribution in [0.4, 0.5) is 0 Å². The maximum Gasteiger partial charge on any atom is 0.132 e. The van der Waals surface area contributed by atoms with Crippen LogP contribution in [0.2, 0.25) is 5.02 Å². The molecule has 78 valence electrons. The van der Waals surface area contributed by atoms with Gasteiger partial charge in [0.2, 0.25) is 0 Å². The molecule has 1 rings (SSSR count). The molecule has 0 N–H and O–H groups in total. The van der Waals surface area contributed by atoms with Crippen LogP contribution in [-0.2, 0) is 0 Å². The predicted molar refractivity (Wildman–Crippen MR) is 63.6 cm³/mol. The second kappa shape index (κ2) is 4.45. The first-order valence-electron chi connectivity index (χ1n) is 4.45. The summed E-state index contributed by atoms with van der Waals surface area (Å²) < 4.78 is 5.43. The van der Waals surface area contributed by atoms with Crippen molar-refractivity contribution in [1.29, 1.82) is 0 Å². The smallest absolute Gasteiger partial charge is 0.132 e. The number of rotatable bonds is 2. The van der Waals surface area contributed by atoms with Crippen molar-refractivity contribution in [1.82, 2.24) is 0 Å². The van der Waals surface area contributed by atoms with Gasteiger partial charge >= 0.3 is 0 Å². The second-order valence-corrected chi connectivity index (χ2v) is 6.31. The van der Waals surface area contributed by atoms with E-state index in [2.05, 4.69) is 20.8 Å². The fraction of sp³-hybridized carbons (Fsp3) is 0.455. The normalized spacial score (nSPS) is 11.5. The fourth-order valence-corrected chi connectivity index (χ4v) is 2.39. The van der Waals surface area contributed by atoms with Gasteiger partial charge in [-0.05, 0) is 18.2 Å². The third-order valence-corrected chi connectivity index (χ3v) is 2.93. The van der Waals surface area contributed by atoms with Crippen molar-refractivity contribution in [3.8, 4) is 5.75 Å². The quantitative estimate of drug-likeness (QED) is 0.703. The van der Waals surface area contributed by atoms with E-state index in [9.17, 15) is 0 Å². The monoisotopic (exact) mass is 230 g/mol. The Bertz CT molecular complexity index is 318. The Morgan fingerprint density at radius 2 is 1.93 bits per heavy atom. The van der Waals surface area contributed by atoms with Crippen molar-refractivity contribution >= 4 is 23.4 Å². The van der Waals surface area contributed by atoms with E-state index in [1.165, 1.54) is 0 Å². The van der Waals surface area contributed by atoms with E-state index in [0.717, 1.165) is 15.7 Å². The highest BCUT2D eigenvalue weighted by Gasteiger charge is 2.15. The van der Waals surface area contributed by atoms with Gasteiger partial charge in [-0.2, -0.15) is 0 Å². The minimum absolute atomic E-state index is 0.165. The average molecular weight is 231 g/mol. The molecule has 3 heteroatoms. The summed E-state index contributed by atoms with van der Waals surface area (Å²) in [5.74, 6) is 0.884. The molecule has 0 saturated heterocycles. The lowest BCUT2D eigenvalue weighted by Gasteiger charge is -2.19. The summed E-state index contributed by atoms with van der Waals surface area (Å²) in [6, 6.07) is 5.68. The van der Waals surface area contributed by atoms with Gasteiger partial charge in [-0.25, -0.2) is 0 Å². The summed E-state index contributed by atoms with van der Waals surface area (Å²) in [7, 11) is 1.68. The second-order valence-electron chi connectivity index (χ2n) is 4.01. The van der Waals surface area contributed by atoms with Gasteiger partial charge in [0.1, 0.15) is 5.75 Å². The number of benzene rings is 1. The number of thioether (sulfide) groups is 1. The van der Waals surface area contributed by atoms with Gasteiger partial charge in [0.25, 0.3) is 0 Å². The Morgan fingerprint density at radius 1 is 1.29 bits per heavy atom. The highest BCUT2D eigenvalue weighted by atomic mass is 35.5. The highest BCUT2D eigenvalue weighted by molar-refractivity contribution is 8.00. The largest absolute Gasteiger partial charge is 0.496 e. The van der Waals surface area contributed by atoms with Crippen LogP contribution in [-0.4, -0.2) is 11.9 Å². The van der Waals surface area contributed by atoms with E-state index < -0.39 is 0 Å². The number of hydrogen-bond donors (Lipinski definition) is 0. The molecule has 14 heavy (non-hydrogen) atoms. The van der Waals surface area contributed by atoms with Crippen LogP contribution in [0.5, 0.6) is 5.75 Å². The van der Waals surface area contributed by atoms with E-state index >= 15 is 0 Å². The van der Waals surface area contributed by atoms with Crippen LogP contribution in [0, 0.1) is 0 Å². The molecule has 0 spiro atoms. The zero-order valence-electron chi connectivity index (χ0n) is 8.93. The molecule has 1 aromatic carbocycles. The number of ether oxygens (including phenoxy) is 1. The first-order chi connectivity index (χ1) is 6.42. The maximum atomic E-state index is 5.93. The van der Waals surface area contributed by atoms with E-state index in [4.69, 9.17) is 16.3 Å². The zero-order chi connectivity index (χ0) is 10.8. The SMILES string of the molecule is COc1ccc(Cl)cc1SC(C)(C)C. The van der Waals surface area contributed by atoms with Crippen LogP contribution in [0.3, 0.4) is 0 Å². The summed E-state index contributed by atoms with van der Waals surface area (Å²) in [6.45, 7) is 6.49. The van der Waals surface area contributed by atoms with Gasteiger partial charge in [0.05, 0.1) is 12.0 Å². The molecule has 0 unspecified atom stereocenters. The minimum Gasteiger partial charge on any atom is -0.496 e. The molecule has 0 aromatic heterocycles. The Kier molecular flexibility index (Phi) is 3.73. The number of halogens is 1. The first-order valence-corrected chi connectivity index (χ1v) is 5.64. The van der Waals surface area contributed by atoms with E-state index in [-0.39, 0.29) is 4.75 Å². The Balaban J connectivity index is 2.99. The van der Waals surface area contributed by atoms with E-state index in [0.29, 0.717) is 0 Å². The van der Waals surface area contributed by atoms with Gasteiger partial charge in [-0.3, -0.25) is 0 Å². The highest BCUT2D eigenvalue weighted by Crippen LogP contribution is 2.38. The van der Waals surface area contributed by atoms with Crippen molar-refractivity contribution in [2.24, 2.45) is 0 Å². The molecule has 0 aliphatic carbocycles. The maximum absolute atomic E-state index is 5.93. The van der Waals surface area contributed by atoms with Gasteiger partial charge in [0, 0.05) is 9.77 Å². The third-order valence-electron chi connectivity index (χ3n) is 1.54. The molecule has 0 radical (unpaired) electrons. The van der Waals surface area contributed by atoms with E-state index in [1.807, 2.05) is 18.2 Å². The van der Waals surface area contributed by atoms with Crippen LogP contribution in [0.25, 0.3) is 0 Å². The lowest BCUT2D eigenvalue weighted by Crippen LogP contribution is -2.07. The van der Waals surface area contributed by atoms with Crippen LogP contribution < -0.4 is 4.74 Å². The van der Waals surface area contributed by atoms with Gasteiger partial charge in [0.15, 0.2) is 0 Å². The molecule has 1 nitrogen and oxygen atoms in total. The van der Waals surface area contributed by atoms with Crippen molar-refractivity contribution in [3.05, 3.63) is 23.2 Å². The standard InChI is InChI=1S/C11H15ClOS/c1-11(2,3)14-10-7-8(12)5-6-9(10)13-4/h5-7H,1-4H3. The summed E-state index contributed by atoms with van der Waals surface area (Å²) in [5.41, 5.74) is 0. The van der Waals surface area contributed by atoms with Crippen molar-refractivity contribution in [2.75, 3.05) is 7.11 Å². The zero-order valence-corrected chi connectivity index (χ0v) is 10.5. The van der Waals surface area contributed by atoms with Crippen LogP contribution >= 0.6 is 23.4 Å². The molecular weight excluding hydrogens is 216 g/mol. The lowest BCUT2D eigenvalue weighted by molar-refractivity contribution is 0.404. The van der Waals surface area contributed by atoms with E-state index in [1.54, 1.807) is 18.9 Å². The molecule has 0 saturated carbocycles. The summed E-state index contributed by atoms with van der Waals surface area (Å²) in [4.78, 5) is 1.09. The van der Waals surface area contributed by atoms with Gasteiger partial charge in [-0.1, -0.05) is 32.4 Å². The first kappa shape index (κ1) is 11.7. The van der Waals surface area contributed by atoms with Crippen LogP contribution in [0.1, 0.15) is 20.8 Å². The van der Waals surface area contributed by atoms with Gasteiger partial charge < -0.3 is 4.74 Å². The topological polar surface area (TPSA) is 9.23 Å². The number of hydrogen-bond acceptors (Lipinski definition) is 2. The summed E-state index contributed by atoms with van der Waals surface area (Å²) >= 11 is 7.69. The minimum atomic E-state index is 0.165. The Morgan fingerprint density at radius 3 is 2.43 bits per heavy atom. The molecule has 0 heterocycles. The van der Waals surface area contributed by atoms with Crippen LogP contribution in [0.15, 0.2) is 23.1 Å². The molecule has 0 aliphatic heterocycles. The van der Waals surface area contributed by atoms with Crippen molar-refractivity contribution < 1.29 is 4.74 Å². The summed E-state index contributed by atoms with van der Waals surface area (Å²) in [6.07, 6.45) is 0. The molecule has 1 aromatic rings. The fourth-order valence-electron chi connectivity index (χ4n) is 1.06. The molecule has 0 aliphatic rings. The molecule has 0 fully saturated rings. The Labute approximate surface area is 94.8 Å². The molecular formula is C11H15ClOS. The van der Waals surface area contributed by atoms with Gasteiger partial charge in [-0.15, -0.1) is 11.8 Å². The number of methoxy groups -OCH3 is 1. The summed E-state index contributed by atoms with van der Waals surface area (Å²) in [5, 5.41) is 0.748. The third kappa shape index (κ3) is 3.43. The molecule has 0 atom stereocenters.